The highest BCUT2D eigenvalue weighted by atomic mass is 16.2. The number of nitrogens with two attached hydrogens (primary N) is 2. The molecule has 7 nitrogen and oxygen atoms in total. The van der Waals surface area contributed by atoms with Gasteiger partial charge in [-0.1, -0.05) is 13.3 Å². The van der Waals surface area contributed by atoms with E-state index in [1.165, 1.54) is 0 Å². The van der Waals surface area contributed by atoms with Crippen LogP contribution in [0.1, 0.15) is 39.0 Å². The molecule has 1 fully saturated rings. The van der Waals surface area contributed by atoms with Crippen LogP contribution in [0.25, 0.3) is 0 Å². The fourth-order valence-electron chi connectivity index (χ4n) is 2.68. The maximum Gasteiger partial charge on any atom is 0.240 e. The number of hydrogen-bond acceptors (Lipinski definition) is 3. The van der Waals surface area contributed by atoms with Crippen LogP contribution < -0.4 is 16.8 Å². The molecule has 0 aromatic carbocycles. The molecule has 1 heterocycles. The van der Waals surface area contributed by atoms with Gasteiger partial charge in [0.05, 0.1) is 0 Å². The van der Waals surface area contributed by atoms with Gasteiger partial charge >= 0.3 is 0 Å². The second-order valence-electron chi connectivity index (χ2n) is 5.31. The van der Waals surface area contributed by atoms with Crippen molar-refractivity contribution < 1.29 is 9.59 Å². The average molecular weight is 283 g/mol. The summed E-state index contributed by atoms with van der Waals surface area (Å²) >= 11 is 0. The summed E-state index contributed by atoms with van der Waals surface area (Å²) in [5.41, 5.74) is 10.6. The molecule has 1 aliphatic heterocycles. The predicted octanol–water partition coefficient (Wildman–Crippen LogP) is -0.248. The first kappa shape index (κ1) is 16.3. The van der Waals surface area contributed by atoms with Crippen molar-refractivity contribution in [2.45, 2.75) is 45.1 Å². The molecule has 2 atom stereocenters. The lowest BCUT2D eigenvalue weighted by Gasteiger charge is -2.25. The van der Waals surface area contributed by atoms with Gasteiger partial charge in [0.15, 0.2) is 5.96 Å². The molecule has 1 rings (SSSR count). The molecule has 0 radical (unpaired) electrons. The molecule has 1 saturated heterocycles. The zero-order valence-electron chi connectivity index (χ0n) is 12.0. The summed E-state index contributed by atoms with van der Waals surface area (Å²) in [5, 5.41) is 9.72. The number of nitrogens with zero attached hydrogens (tertiary/aromatic N) is 1. The maximum atomic E-state index is 12.0. The van der Waals surface area contributed by atoms with E-state index in [1.807, 2.05) is 0 Å². The van der Waals surface area contributed by atoms with Gasteiger partial charge in [-0.15, -0.1) is 0 Å². The predicted molar refractivity (Wildman–Crippen MR) is 76.9 cm³/mol. The monoisotopic (exact) mass is 283 g/mol. The van der Waals surface area contributed by atoms with E-state index in [9.17, 15) is 9.59 Å². The fraction of sp³-hybridized carbons (Fsp3) is 0.769. The summed E-state index contributed by atoms with van der Waals surface area (Å²) in [6, 6.07) is -0.543. The molecule has 0 aromatic heterocycles. The molecule has 0 saturated carbocycles. The first-order valence-electron chi connectivity index (χ1n) is 7.12. The molecule has 0 bridgehead atoms. The van der Waals surface area contributed by atoms with Crippen LogP contribution in [0.15, 0.2) is 0 Å². The van der Waals surface area contributed by atoms with Gasteiger partial charge in [-0.05, 0) is 25.2 Å². The number of hydrogen-bond donors (Lipinski definition) is 4. The summed E-state index contributed by atoms with van der Waals surface area (Å²) in [5.74, 6) is -0.198. The molecule has 6 N–H and O–H groups in total. The van der Waals surface area contributed by atoms with Gasteiger partial charge in [0.2, 0.25) is 11.8 Å². The third kappa shape index (κ3) is 4.71. The Balaban J connectivity index is 2.51. The van der Waals surface area contributed by atoms with Gasteiger partial charge in [0.25, 0.3) is 0 Å². The minimum absolute atomic E-state index is 0.0202. The minimum atomic E-state index is -0.543. The molecule has 0 aromatic rings. The Morgan fingerprint density at radius 2 is 2.25 bits per heavy atom. The lowest BCUT2D eigenvalue weighted by atomic mass is 10.0. The van der Waals surface area contributed by atoms with Crippen molar-refractivity contribution >= 4 is 17.8 Å². The summed E-state index contributed by atoms with van der Waals surface area (Å²) in [7, 11) is 0. The summed E-state index contributed by atoms with van der Waals surface area (Å²) < 4.78 is 0. The van der Waals surface area contributed by atoms with Crippen LogP contribution in [-0.2, 0) is 9.59 Å². The van der Waals surface area contributed by atoms with Crippen molar-refractivity contribution in [2.75, 3.05) is 13.1 Å². The van der Waals surface area contributed by atoms with Gasteiger partial charge in [-0.2, -0.15) is 0 Å². The highest BCUT2D eigenvalue weighted by Crippen LogP contribution is 2.25. The molecule has 2 unspecified atom stereocenters. The number of amides is 2. The molecule has 0 spiro atoms. The maximum absolute atomic E-state index is 12.0. The fourth-order valence-corrected chi connectivity index (χ4v) is 2.68. The zero-order valence-corrected chi connectivity index (χ0v) is 12.0. The van der Waals surface area contributed by atoms with Gasteiger partial charge in [0.1, 0.15) is 6.04 Å². The Bertz CT molecular complexity index is 372. The topological polar surface area (TPSA) is 125 Å². The van der Waals surface area contributed by atoms with Gasteiger partial charge in [-0.3, -0.25) is 15.0 Å². The van der Waals surface area contributed by atoms with Crippen LogP contribution in [0.2, 0.25) is 0 Å². The van der Waals surface area contributed by atoms with E-state index < -0.39 is 11.9 Å². The Labute approximate surface area is 119 Å². The van der Waals surface area contributed by atoms with Crippen molar-refractivity contribution in [2.24, 2.45) is 17.4 Å². The number of rotatable bonds is 8. The standard InChI is InChI=1S/C13H25N5O2/c1-2-4-9-7-11(19)18(8-9)10(12(14)20)5-3-6-17-13(15)16/h9-10H,2-8H2,1H3,(H2,14,20)(H4,15,16,17). The van der Waals surface area contributed by atoms with Gasteiger partial charge in [0, 0.05) is 19.5 Å². The van der Waals surface area contributed by atoms with Crippen molar-refractivity contribution in [3.63, 3.8) is 0 Å². The lowest BCUT2D eigenvalue weighted by molar-refractivity contribution is -0.136. The first-order chi connectivity index (χ1) is 9.45. The SMILES string of the molecule is CCCC1CC(=O)N(C(CCCNC(=N)N)C(N)=O)C1. The van der Waals surface area contributed by atoms with E-state index in [-0.39, 0.29) is 11.9 Å². The van der Waals surface area contributed by atoms with E-state index in [1.54, 1.807) is 4.90 Å². The average Bonchev–Trinajstić information content (AvgIpc) is 2.70. The molecule has 1 aliphatic rings. The minimum Gasteiger partial charge on any atom is -0.370 e. The third-order valence-electron chi connectivity index (χ3n) is 3.61. The highest BCUT2D eigenvalue weighted by Gasteiger charge is 2.35. The van der Waals surface area contributed by atoms with E-state index in [0.717, 1.165) is 12.8 Å². The number of nitrogens with one attached hydrogen (secondary N) is 2. The Morgan fingerprint density at radius 1 is 1.55 bits per heavy atom. The smallest absolute Gasteiger partial charge is 0.240 e. The van der Waals surface area contributed by atoms with Crippen LogP contribution in [-0.4, -0.2) is 41.8 Å². The molecule has 20 heavy (non-hydrogen) atoms. The molecular formula is C13H25N5O2. The highest BCUT2D eigenvalue weighted by molar-refractivity contribution is 5.87. The second-order valence-corrected chi connectivity index (χ2v) is 5.31. The van der Waals surface area contributed by atoms with Crippen LogP contribution in [0, 0.1) is 11.3 Å². The van der Waals surface area contributed by atoms with E-state index in [0.29, 0.717) is 38.3 Å². The molecule has 2 amide bonds. The Kier molecular flexibility index (Phi) is 6.27. The number of primary amides is 1. The summed E-state index contributed by atoms with van der Waals surface area (Å²) in [4.78, 5) is 25.2. The van der Waals surface area contributed by atoms with E-state index >= 15 is 0 Å². The normalized spacial score (nSPS) is 19.9. The van der Waals surface area contributed by atoms with Gasteiger partial charge in [-0.25, -0.2) is 0 Å². The van der Waals surface area contributed by atoms with E-state index in [2.05, 4.69) is 12.2 Å². The lowest BCUT2D eigenvalue weighted by Crippen LogP contribution is -2.46. The Morgan fingerprint density at radius 3 is 2.80 bits per heavy atom. The van der Waals surface area contributed by atoms with Crippen LogP contribution in [0.5, 0.6) is 0 Å². The van der Waals surface area contributed by atoms with Gasteiger partial charge < -0.3 is 21.7 Å². The van der Waals surface area contributed by atoms with Crippen molar-refractivity contribution in [3.05, 3.63) is 0 Å². The number of likely N-dealkylation sites (tertiary alicyclic amines) is 1. The van der Waals surface area contributed by atoms with Crippen molar-refractivity contribution in [1.29, 1.82) is 5.41 Å². The number of guanidine groups is 1. The first-order valence-corrected chi connectivity index (χ1v) is 7.12. The van der Waals surface area contributed by atoms with Crippen LogP contribution in [0.4, 0.5) is 0 Å². The largest absolute Gasteiger partial charge is 0.370 e. The molecular weight excluding hydrogens is 258 g/mol. The molecule has 114 valence electrons. The van der Waals surface area contributed by atoms with Crippen molar-refractivity contribution in [1.82, 2.24) is 10.2 Å². The second kappa shape index (κ2) is 7.72. The Hall–Kier alpha value is -1.79. The molecule has 7 heteroatoms. The molecule has 0 aliphatic carbocycles. The third-order valence-corrected chi connectivity index (χ3v) is 3.61. The van der Waals surface area contributed by atoms with Crippen LogP contribution in [0.3, 0.4) is 0 Å². The van der Waals surface area contributed by atoms with E-state index in [4.69, 9.17) is 16.9 Å². The van der Waals surface area contributed by atoms with Crippen molar-refractivity contribution in [3.8, 4) is 0 Å². The summed E-state index contributed by atoms with van der Waals surface area (Å²) in [6.07, 6.45) is 3.69. The summed E-state index contributed by atoms with van der Waals surface area (Å²) in [6.45, 7) is 3.21. The number of carbonyl (C=O) groups excluding carboxylic acids is 2. The quantitative estimate of drug-likeness (QED) is 0.278. The van der Waals surface area contributed by atoms with Crippen LogP contribution >= 0.6 is 0 Å². The zero-order chi connectivity index (χ0) is 15.1. The number of carbonyl (C=O) groups is 2.